The van der Waals surface area contributed by atoms with Gasteiger partial charge in [-0.2, -0.15) is 0 Å². The van der Waals surface area contributed by atoms with E-state index in [-0.39, 0.29) is 6.04 Å². The Morgan fingerprint density at radius 3 is 2.22 bits per heavy atom. The molecule has 4 aromatic rings. The van der Waals surface area contributed by atoms with Gasteiger partial charge in [-0.25, -0.2) is 4.68 Å². The van der Waals surface area contributed by atoms with Crippen molar-refractivity contribution in [3.05, 3.63) is 102 Å². The number of rotatable bonds is 7. The van der Waals surface area contributed by atoms with Crippen LogP contribution in [0, 0.1) is 0 Å². The summed E-state index contributed by atoms with van der Waals surface area (Å²) in [4.78, 5) is 9.57. The molecule has 0 radical (unpaired) electrons. The van der Waals surface area contributed by atoms with Crippen molar-refractivity contribution in [2.75, 3.05) is 31.1 Å². The van der Waals surface area contributed by atoms with Crippen LogP contribution in [0.15, 0.2) is 85.1 Å². The van der Waals surface area contributed by atoms with Crippen LogP contribution in [0.4, 0.5) is 5.69 Å². The molecular formula is C25H27N7. The Balaban J connectivity index is 1.37. The van der Waals surface area contributed by atoms with Crippen molar-refractivity contribution in [3.8, 4) is 0 Å². The van der Waals surface area contributed by atoms with E-state index in [0.29, 0.717) is 0 Å². The number of aromatic nitrogens is 5. The van der Waals surface area contributed by atoms with E-state index in [9.17, 15) is 0 Å². The van der Waals surface area contributed by atoms with Gasteiger partial charge in [0.15, 0.2) is 5.82 Å². The van der Waals surface area contributed by atoms with E-state index in [1.54, 1.807) is 0 Å². The average molecular weight is 426 g/mol. The van der Waals surface area contributed by atoms with E-state index in [2.05, 4.69) is 91.0 Å². The average Bonchev–Trinajstić information content (AvgIpc) is 3.33. The Bertz CT molecular complexity index is 1090. The molecule has 1 unspecified atom stereocenters. The number of hydrogen-bond acceptors (Lipinski definition) is 6. The van der Waals surface area contributed by atoms with Crippen molar-refractivity contribution in [2.45, 2.75) is 19.0 Å². The van der Waals surface area contributed by atoms with Crippen molar-refractivity contribution < 1.29 is 0 Å². The Morgan fingerprint density at radius 1 is 0.781 bits per heavy atom. The second-order valence-electron chi connectivity index (χ2n) is 8.01. The van der Waals surface area contributed by atoms with Crippen molar-refractivity contribution in [3.63, 3.8) is 0 Å². The second kappa shape index (κ2) is 9.70. The summed E-state index contributed by atoms with van der Waals surface area (Å²) >= 11 is 0. The van der Waals surface area contributed by atoms with Crippen LogP contribution in [0.5, 0.6) is 0 Å². The SMILES string of the molecule is c1ccc(CCn2nnnc2C(c2ccccn2)N2CCN(c3ccccc3)CC2)cc1. The minimum absolute atomic E-state index is 0.0695. The first kappa shape index (κ1) is 20.3. The van der Waals surface area contributed by atoms with Crippen molar-refractivity contribution in [2.24, 2.45) is 0 Å². The van der Waals surface area contributed by atoms with Crippen molar-refractivity contribution in [1.82, 2.24) is 30.1 Å². The molecule has 7 heteroatoms. The molecule has 0 bridgehead atoms. The maximum atomic E-state index is 4.68. The predicted molar refractivity (Wildman–Crippen MR) is 124 cm³/mol. The molecule has 1 fully saturated rings. The molecule has 1 saturated heterocycles. The number of nitrogens with zero attached hydrogens (tertiary/aromatic N) is 7. The lowest BCUT2D eigenvalue weighted by atomic mass is 10.1. The fourth-order valence-corrected chi connectivity index (χ4v) is 4.34. The molecule has 1 atom stereocenters. The molecule has 0 amide bonds. The van der Waals surface area contributed by atoms with E-state index in [1.807, 2.05) is 29.1 Å². The molecule has 2 aromatic heterocycles. The highest BCUT2D eigenvalue weighted by atomic mass is 15.6. The molecule has 3 heterocycles. The standard InChI is InChI=1S/C25H27N7/c1-3-9-21(10-4-1)14-16-32-25(27-28-29-32)24(23-13-7-8-15-26-23)31-19-17-30(18-20-31)22-11-5-2-6-12-22/h1-13,15,24H,14,16-20H2. The van der Waals surface area contributed by atoms with Crippen LogP contribution in [0.1, 0.15) is 23.1 Å². The first-order chi connectivity index (χ1) is 15.9. The van der Waals surface area contributed by atoms with Gasteiger partial charge in [-0.05, 0) is 46.7 Å². The molecule has 162 valence electrons. The van der Waals surface area contributed by atoms with E-state index >= 15 is 0 Å². The van der Waals surface area contributed by atoms with Gasteiger partial charge < -0.3 is 4.90 Å². The van der Waals surface area contributed by atoms with Crippen molar-refractivity contribution in [1.29, 1.82) is 0 Å². The fraction of sp³-hybridized carbons (Fsp3) is 0.280. The molecule has 5 rings (SSSR count). The molecule has 0 aliphatic carbocycles. The van der Waals surface area contributed by atoms with Crippen LogP contribution in [-0.4, -0.2) is 56.3 Å². The van der Waals surface area contributed by atoms with Gasteiger partial charge in [-0.15, -0.1) is 5.10 Å². The van der Waals surface area contributed by atoms with Crippen molar-refractivity contribution >= 4 is 5.69 Å². The summed E-state index contributed by atoms with van der Waals surface area (Å²) in [6.45, 7) is 4.49. The lowest BCUT2D eigenvalue weighted by Crippen LogP contribution is -2.48. The third-order valence-corrected chi connectivity index (χ3v) is 6.03. The summed E-state index contributed by atoms with van der Waals surface area (Å²) in [5, 5.41) is 12.8. The summed E-state index contributed by atoms with van der Waals surface area (Å²) in [5.74, 6) is 0.854. The summed E-state index contributed by atoms with van der Waals surface area (Å²) in [6.07, 6.45) is 2.73. The number of tetrazole rings is 1. The molecule has 7 nitrogen and oxygen atoms in total. The molecule has 1 aliphatic rings. The first-order valence-electron chi connectivity index (χ1n) is 11.1. The second-order valence-corrected chi connectivity index (χ2v) is 8.01. The maximum absolute atomic E-state index is 4.68. The van der Waals surface area contributed by atoms with Crippen LogP contribution in [0.2, 0.25) is 0 Å². The minimum atomic E-state index is -0.0695. The topological polar surface area (TPSA) is 63.0 Å². The number of pyridine rings is 1. The zero-order valence-corrected chi connectivity index (χ0v) is 18.0. The number of aryl methyl sites for hydroxylation is 2. The molecule has 0 spiro atoms. The van der Waals surface area contributed by atoms with E-state index in [1.165, 1.54) is 11.3 Å². The highest BCUT2D eigenvalue weighted by Crippen LogP contribution is 2.28. The number of para-hydroxylation sites is 1. The maximum Gasteiger partial charge on any atom is 0.174 e. The van der Waals surface area contributed by atoms with E-state index in [0.717, 1.165) is 50.7 Å². The smallest absolute Gasteiger partial charge is 0.174 e. The Kier molecular flexibility index (Phi) is 6.16. The van der Waals surface area contributed by atoms with Crippen LogP contribution in [0.3, 0.4) is 0 Å². The lowest BCUT2D eigenvalue weighted by Gasteiger charge is -2.39. The summed E-state index contributed by atoms with van der Waals surface area (Å²) in [6, 6.07) is 27.1. The highest BCUT2D eigenvalue weighted by molar-refractivity contribution is 5.46. The monoisotopic (exact) mass is 425 g/mol. The molecule has 0 N–H and O–H groups in total. The van der Waals surface area contributed by atoms with Gasteiger partial charge in [-0.1, -0.05) is 54.6 Å². The van der Waals surface area contributed by atoms with Gasteiger partial charge >= 0.3 is 0 Å². The van der Waals surface area contributed by atoms with Crippen LogP contribution in [-0.2, 0) is 13.0 Å². The van der Waals surface area contributed by atoms with Crippen LogP contribution >= 0.6 is 0 Å². The largest absolute Gasteiger partial charge is 0.369 e. The summed E-state index contributed by atoms with van der Waals surface area (Å²) < 4.78 is 1.94. The molecule has 2 aromatic carbocycles. The van der Waals surface area contributed by atoms with Crippen LogP contribution in [0.25, 0.3) is 0 Å². The third kappa shape index (κ3) is 4.53. The predicted octanol–water partition coefficient (Wildman–Crippen LogP) is 3.22. The molecule has 0 saturated carbocycles. The zero-order valence-electron chi connectivity index (χ0n) is 18.0. The van der Waals surface area contributed by atoms with Gasteiger partial charge in [0.25, 0.3) is 0 Å². The lowest BCUT2D eigenvalue weighted by molar-refractivity contribution is 0.197. The number of piperazine rings is 1. The summed E-state index contributed by atoms with van der Waals surface area (Å²) in [5.41, 5.74) is 3.53. The molecule has 1 aliphatic heterocycles. The number of benzene rings is 2. The van der Waals surface area contributed by atoms with Gasteiger partial charge in [-0.3, -0.25) is 9.88 Å². The number of hydrogen-bond donors (Lipinski definition) is 0. The van der Waals surface area contributed by atoms with Gasteiger partial charge in [0.1, 0.15) is 6.04 Å². The Hall–Kier alpha value is -3.58. The fourth-order valence-electron chi connectivity index (χ4n) is 4.34. The third-order valence-electron chi connectivity index (χ3n) is 6.03. The minimum Gasteiger partial charge on any atom is -0.369 e. The zero-order chi connectivity index (χ0) is 21.6. The quantitative estimate of drug-likeness (QED) is 0.453. The number of anilines is 1. The Labute approximate surface area is 188 Å². The van der Waals surface area contributed by atoms with Gasteiger partial charge in [0.2, 0.25) is 0 Å². The molecular weight excluding hydrogens is 398 g/mol. The molecule has 32 heavy (non-hydrogen) atoms. The Morgan fingerprint density at radius 2 is 1.50 bits per heavy atom. The van der Waals surface area contributed by atoms with E-state index in [4.69, 9.17) is 0 Å². The highest BCUT2D eigenvalue weighted by Gasteiger charge is 2.31. The first-order valence-corrected chi connectivity index (χ1v) is 11.1. The van der Waals surface area contributed by atoms with E-state index < -0.39 is 0 Å². The summed E-state index contributed by atoms with van der Waals surface area (Å²) in [7, 11) is 0. The normalized spacial score (nSPS) is 15.6. The van der Waals surface area contributed by atoms with Gasteiger partial charge in [0.05, 0.1) is 5.69 Å². The van der Waals surface area contributed by atoms with Crippen LogP contribution < -0.4 is 4.90 Å². The van der Waals surface area contributed by atoms with Gasteiger partial charge in [0, 0.05) is 44.6 Å².